The van der Waals surface area contributed by atoms with E-state index in [0.717, 1.165) is 6.61 Å². The molecule has 72 valence electrons. The Hall–Kier alpha value is 0.480. The summed E-state index contributed by atoms with van der Waals surface area (Å²) in [4.78, 5) is 0. The third-order valence-electron chi connectivity index (χ3n) is 1.37. The van der Waals surface area contributed by atoms with E-state index >= 15 is 0 Å². The predicted molar refractivity (Wildman–Crippen MR) is 60.7 cm³/mol. The van der Waals surface area contributed by atoms with Gasteiger partial charge in [-0.15, -0.1) is 11.4 Å². The molecule has 1 unspecified atom stereocenters. The highest BCUT2D eigenvalue weighted by molar-refractivity contribution is 8.55. The molecule has 0 bridgehead atoms. The maximum atomic E-state index is 5.48. The van der Waals surface area contributed by atoms with Crippen LogP contribution >= 0.6 is 18.7 Å². The Kier molecular flexibility index (Phi) is 9.95. The van der Waals surface area contributed by atoms with Crippen LogP contribution in [0, 0.1) is 0 Å². The molecule has 0 saturated heterocycles. The van der Waals surface area contributed by atoms with Crippen molar-refractivity contribution in [1.29, 1.82) is 0 Å². The maximum Gasteiger partial charge on any atom is 0.112 e. The fourth-order valence-electron chi connectivity index (χ4n) is 0.777. The monoisotopic (exact) mass is 206 g/mol. The van der Waals surface area contributed by atoms with Gasteiger partial charge in [0.2, 0.25) is 0 Å². The summed E-state index contributed by atoms with van der Waals surface area (Å²) in [6, 6.07) is 0. The Morgan fingerprint density at radius 3 is 2.67 bits per heavy atom. The number of hydrogen-bond donors (Lipinski definition) is 0. The van der Waals surface area contributed by atoms with Crippen LogP contribution in [-0.4, -0.2) is 12.4 Å². The summed E-state index contributed by atoms with van der Waals surface area (Å²) >= 11 is 1.91. The molecule has 0 spiro atoms. The van der Waals surface area contributed by atoms with Crippen LogP contribution in [0.4, 0.5) is 0 Å². The maximum absolute atomic E-state index is 5.48. The molecule has 1 atom stereocenters. The van der Waals surface area contributed by atoms with E-state index in [4.69, 9.17) is 4.52 Å². The highest BCUT2D eigenvalue weighted by Gasteiger charge is 2.02. The molecular formula is C9H19OPS. The van der Waals surface area contributed by atoms with Crippen molar-refractivity contribution in [2.45, 2.75) is 33.1 Å². The van der Waals surface area contributed by atoms with Gasteiger partial charge in [-0.2, -0.15) is 0 Å². The minimum atomic E-state index is -0.395. The molecule has 0 radical (unpaired) electrons. The zero-order valence-electron chi connectivity index (χ0n) is 8.08. The van der Waals surface area contributed by atoms with Gasteiger partial charge in [-0.25, -0.2) is 0 Å². The summed E-state index contributed by atoms with van der Waals surface area (Å²) in [5, 5.41) is 0. The average Bonchev–Trinajstić information content (AvgIpc) is 2.10. The lowest BCUT2D eigenvalue weighted by Crippen LogP contribution is -1.81. The van der Waals surface area contributed by atoms with Gasteiger partial charge in [0.1, 0.15) is 7.35 Å². The van der Waals surface area contributed by atoms with Crippen LogP contribution in [0.3, 0.4) is 0 Å². The van der Waals surface area contributed by atoms with E-state index in [9.17, 15) is 0 Å². The summed E-state index contributed by atoms with van der Waals surface area (Å²) in [5.74, 6) is 3.15. The molecular weight excluding hydrogens is 187 g/mol. The van der Waals surface area contributed by atoms with Crippen LogP contribution in [0.1, 0.15) is 33.1 Å². The molecule has 0 aromatic rings. The van der Waals surface area contributed by atoms with Gasteiger partial charge in [0, 0.05) is 6.61 Å². The number of rotatable bonds is 8. The molecule has 0 N–H and O–H groups in total. The van der Waals surface area contributed by atoms with Gasteiger partial charge < -0.3 is 4.52 Å². The predicted octanol–water partition coefficient (Wildman–Crippen LogP) is 4.40. The Morgan fingerprint density at radius 1 is 1.42 bits per heavy atom. The Labute approximate surface area is 81.5 Å². The first-order chi connectivity index (χ1) is 5.85. The first-order valence-corrected chi connectivity index (χ1v) is 7.44. The Morgan fingerprint density at radius 2 is 2.17 bits per heavy atom. The molecule has 0 fully saturated rings. The van der Waals surface area contributed by atoms with Gasteiger partial charge in [0.25, 0.3) is 0 Å². The third-order valence-corrected chi connectivity index (χ3v) is 4.98. The first-order valence-electron chi connectivity index (χ1n) is 4.52. The zero-order valence-corrected chi connectivity index (χ0v) is 9.79. The lowest BCUT2D eigenvalue weighted by atomic mass is 10.3. The zero-order chi connectivity index (χ0) is 9.23. The summed E-state index contributed by atoms with van der Waals surface area (Å²) in [5.41, 5.74) is 0. The van der Waals surface area contributed by atoms with Crippen LogP contribution in [0.15, 0.2) is 12.4 Å². The number of unbranched alkanes of at least 4 members (excludes halogenated alkanes) is 2. The first kappa shape index (κ1) is 12.5. The molecule has 0 aromatic carbocycles. The summed E-state index contributed by atoms with van der Waals surface area (Å²) < 4.78 is 5.48. The molecule has 0 amide bonds. The van der Waals surface area contributed by atoms with Crippen LogP contribution < -0.4 is 0 Å². The normalized spacial score (nSPS) is 12.8. The van der Waals surface area contributed by atoms with E-state index in [2.05, 4.69) is 13.5 Å². The second kappa shape index (κ2) is 9.57. The summed E-state index contributed by atoms with van der Waals surface area (Å²) in [6.45, 7) is 8.82. The highest BCUT2D eigenvalue weighted by atomic mass is 32.7. The van der Waals surface area contributed by atoms with Gasteiger partial charge in [0.15, 0.2) is 0 Å². The van der Waals surface area contributed by atoms with E-state index in [-0.39, 0.29) is 0 Å². The van der Waals surface area contributed by atoms with Crippen molar-refractivity contribution in [2.24, 2.45) is 0 Å². The van der Waals surface area contributed by atoms with Crippen molar-refractivity contribution < 1.29 is 4.52 Å². The van der Waals surface area contributed by atoms with Gasteiger partial charge in [-0.05, 0) is 24.9 Å². The van der Waals surface area contributed by atoms with Crippen LogP contribution in [0.25, 0.3) is 0 Å². The van der Waals surface area contributed by atoms with E-state index in [1.807, 2.05) is 24.1 Å². The standard InChI is InChI=1S/C9H19OPS/c1-4-7-8-9-12-11(6-3)10-5-2/h6H,3-5,7-9H2,1-2H3. The van der Waals surface area contributed by atoms with Gasteiger partial charge in [-0.3, -0.25) is 0 Å². The van der Waals surface area contributed by atoms with Crippen molar-refractivity contribution in [3.8, 4) is 0 Å². The molecule has 0 heterocycles. The number of hydrogen-bond acceptors (Lipinski definition) is 2. The van der Waals surface area contributed by atoms with Crippen molar-refractivity contribution in [3.63, 3.8) is 0 Å². The summed E-state index contributed by atoms with van der Waals surface area (Å²) in [6.07, 6.45) is 3.93. The quantitative estimate of drug-likeness (QED) is 0.430. The topological polar surface area (TPSA) is 9.23 Å². The lowest BCUT2D eigenvalue weighted by molar-refractivity contribution is 0.391. The third kappa shape index (κ3) is 7.15. The van der Waals surface area contributed by atoms with Crippen molar-refractivity contribution in [3.05, 3.63) is 12.4 Å². The minimum Gasteiger partial charge on any atom is -0.344 e. The Bertz CT molecular complexity index is 109. The average molecular weight is 206 g/mol. The minimum absolute atomic E-state index is 0.395. The van der Waals surface area contributed by atoms with Crippen LogP contribution in [0.5, 0.6) is 0 Å². The van der Waals surface area contributed by atoms with Crippen molar-refractivity contribution in [1.82, 2.24) is 0 Å². The van der Waals surface area contributed by atoms with Crippen molar-refractivity contribution in [2.75, 3.05) is 12.4 Å². The smallest absolute Gasteiger partial charge is 0.112 e. The van der Waals surface area contributed by atoms with Gasteiger partial charge in [0.05, 0.1) is 0 Å². The van der Waals surface area contributed by atoms with Gasteiger partial charge >= 0.3 is 0 Å². The molecule has 3 heteroatoms. The molecule has 12 heavy (non-hydrogen) atoms. The Balaban J connectivity index is 3.25. The summed E-state index contributed by atoms with van der Waals surface area (Å²) in [7, 11) is -0.395. The molecule has 0 aliphatic heterocycles. The fourth-order valence-corrected chi connectivity index (χ4v) is 3.61. The van der Waals surface area contributed by atoms with E-state index in [1.165, 1.54) is 25.0 Å². The SMILES string of the molecule is C=CP(OCC)SCCCCC. The van der Waals surface area contributed by atoms with Crippen LogP contribution in [-0.2, 0) is 4.52 Å². The van der Waals surface area contributed by atoms with E-state index in [0.29, 0.717) is 0 Å². The molecule has 0 saturated carbocycles. The lowest BCUT2D eigenvalue weighted by Gasteiger charge is -2.10. The fraction of sp³-hybridized carbons (Fsp3) is 0.778. The van der Waals surface area contributed by atoms with E-state index < -0.39 is 7.35 Å². The van der Waals surface area contributed by atoms with Crippen molar-refractivity contribution >= 4 is 18.7 Å². The van der Waals surface area contributed by atoms with E-state index in [1.54, 1.807) is 0 Å². The second-order valence-electron chi connectivity index (χ2n) is 2.43. The highest BCUT2D eigenvalue weighted by Crippen LogP contribution is 2.51. The molecule has 1 nitrogen and oxygen atoms in total. The van der Waals surface area contributed by atoms with Gasteiger partial charge in [-0.1, -0.05) is 26.3 Å². The molecule has 0 aliphatic rings. The largest absolute Gasteiger partial charge is 0.344 e. The molecule has 0 rings (SSSR count). The van der Waals surface area contributed by atoms with Crippen LogP contribution in [0.2, 0.25) is 0 Å². The molecule has 0 aliphatic carbocycles. The molecule has 0 aromatic heterocycles. The second-order valence-corrected chi connectivity index (χ2v) is 6.14.